The van der Waals surface area contributed by atoms with Crippen LogP contribution >= 0.6 is 15.9 Å². The van der Waals surface area contributed by atoms with Crippen molar-refractivity contribution in [3.63, 3.8) is 0 Å². The minimum Gasteiger partial charge on any atom is -0.338 e. The van der Waals surface area contributed by atoms with E-state index in [1.807, 2.05) is 0 Å². The largest absolute Gasteiger partial charge is 0.338 e. The van der Waals surface area contributed by atoms with E-state index in [0.717, 1.165) is 13.0 Å². The molecular formula is C12H13BrFN3O. The van der Waals surface area contributed by atoms with Crippen LogP contribution in [0.15, 0.2) is 27.2 Å². The molecule has 0 aliphatic carbocycles. The first kappa shape index (κ1) is 13.2. The molecule has 1 aromatic carbocycles. The Labute approximate surface area is 113 Å². The van der Waals surface area contributed by atoms with Gasteiger partial charge < -0.3 is 9.84 Å². The van der Waals surface area contributed by atoms with Crippen LogP contribution in [0.2, 0.25) is 0 Å². The van der Waals surface area contributed by atoms with E-state index in [4.69, 9.17) is 4.52 Å². The molecule has 96 valence electrons. The standard InChI is InChI=1S/C12H13BrFN3O/c1-2-5-15-7-11-16-12(17-18-11)8-3-4-10(14)9(13)6-8/h3-4,6,15H,2,5,7H2,1H3. The van der Waals surface area contributed by atoms with Crippen molar-refractivity contribution >= 4 is 15.9 Å². The van der Waals surface area contributed by atoms with Crippen LogP contribution in [0.3, 0.4) is 0 Å². The highest BCUT2D eigenvalue weighted by atomic mass is 79.9. The van der Waals surface area contributed by atoms with Gasteiger partial charge in [-0.2, -0.15) is 4.98 Å². The molecule has 1 N–H and O–H groups in total. The van der Waals surface area contributed by atoms with Crippen LogP contribution in [0.5, 0.6) is 0 Å². The number of aromatic nitrogens is 2. The first-order chi connectivity index (χ1) is 8.70. The molecular weight excluding hydrogens is 301 g/mol. The third-order valence-corrected chi connectivity index (χ3v) is 2.96. The van der Waals surface area contributed by atoms with E-state index in [1.165, 1.54) is 6.07 Å². The molecule has 0 spiro atoms. The lowest BCUT2D eigenvalue weighted by Crippen LogP contribution is -2.13. The number of benzene rings is 1. The Morgan fingerprint density at radius 2 is 2.28 bits per heavy atom. The number of nitrogens with one attached hydrogen (secondary N) is 1. The number of hydrogen-bond acceptors (Lipinski definition) is 4. The molecule has 1 heterocycles. The summed E-state index contributed by atoms with van der Waals surface area (Å²) in [6.07, 6.45) is 1.05. The second kappa shape index (κ2) is 6.06. The molecule has 0 radical (unpaired) electrons. The molecule has 0 aliphatic heterocycles. The lowest BCUT2D eigenvalue weighted by Gasteiger charge is -1.97. The summed E-state index contributed by atoms with van der Waals surface area (Å²) in [4.78, 5) is 4.24. The van der Waals surface area contributed by atoms with Crippen molar-refractivity contribution in [3.8, 4) is 11.4 Å². The summed E-state index contributed by atoms with van der Waals surface area (Å²) >= 11 is 3.13. The summed E-state index contributed by atoms with van der Waals surface area (Å²) in [6.45, 7) is 3.53. The molecule has 1 aromatic heterocycles. The quantitative estimate of drug-likeness (QED) is 0.862. The van der Waals surface area contributed by atoms with E-state index in [0.29, 0.717) is 28.3 Å². The molecule has 0 aliphatic rings. The summed E-state index contributed by atoms with van der Waals surface area (Å²) < 4.78 is 18.6. The molecule has 0 saturated carbocycles. The predicted octanol–water partition coefficient (Wildman–Crippen LogP) is 3.14. The van der Waals surface area contributed by atoms with Crippen LogP contribution in [-0.4, -0.2) is 16.7 Å². The smallest absolute Gasteiger partial charge is 0.240 e. The first-order valence-electron chi connectivity index (χ1n) is 5.69. The van der Waals surface area contributed by atoms with E-state index in [-0.39, 0.29) is 5.82 Å². The van der Waals surface area contributed by atoms with Crippen LogP contribution in [0, 0.1) is 5.82 Å². The predicted molar refractivity (Wildman–Crippen MR) is 69.4 cm³/mol. The molecule has 4 nitrogen and oxygen atoms in total. The zero-order chi connectivity index (χ0) is 13.0. The van der Waals surface area contributed by atoms with Crippen LogP contribution in [-0.2, 0) is 6.54 Å². The summed E-state index contributed by atoms with van der Waals surface area (Å²) in [5, 5.41) is 7.04. The summed E-state index contributed by atoms with van der Waals surface area (Å²) in [7, 11) is 0. The maximum atomic E-state index is 13.1. The van der Waals surface area contributed by atoms with Crippen LogP contribution in [0.4, 0.5) is 4.39 Å². The molecule has 18 heavy (non-hydrogen) atoms. The van der Waals surface area contributed by atoms with Crippen molar-refractivity contribution in [1.82, 2.24) is 15.5 Å². The fourth-order valence-electron chi connectivity index (χ4n) is 1.45. The third kappa shape index (κ3) is 3.14. The van der Waals surface area contributed by atoms with Crippen LogP contribution in [0.25, 0.3) is 11.4 Å². The van der Waals surface area contributed by atoms with Gasteiger partial charge in [0.1, 0.15) is 5.82 Å². The lowest BCUT2D eigenvalue weighted by atomic mass is 10.2. The van der Waals surface area contributed by atoms with Crippen molar-refractivity contribution < 1.29 is 8.91 Å². The Kier molecular flexibility index (Phi) is 4.43. The summed E-state index contributed by atoms with van der Waals surface area (Å²) in [6, 6.07) is 4.61. The maximum absolute atomic E-state index is 13.1. The minimum absolute atomic E-state index is 0.313. The van der Waals surface area contributed by atoms with E-state index in [2.05, 4.69) is 38.3 Å². The Morgan fingerprint density at radius 1 is 1.44 bits per heavy atom. The van der Waals surface area contributed by atoms with Gasteiger partial charge in [-0.3, -0.25) is 0 Å². The zero-order valence-corrected chi connectivity index (χ0v) is 11.5. The molecule has 0 bridgehead atoms. The molecule has 0 unspecified atom stereocenters. The lowest BCUT2D eigenvalue weighted by molar-refractivity contribution is 0.368. The van der Waals surface area contributed by atoms with Crippen LogP contribution < -0.4 is 5.32 Å². The van der Waals surface area contributed by atoms with Gasteiger partial charge in [-0.15, -0.1) is 0 Å². The highest BCUT2D eigenvalue weighted by molar-refractivity contribution is 9.10. The van der Waals surface area contributed by atoms with Gasteiger partial charge in [0, 0.05) is 5.56 Å². The molecule has 0 fully saturated rings. The second-order valence-electron chi connectivity index (χ2n) is 3.82. The summed E-state index contributed by atoms with van der Waals surface area (Å²) in [5.41, 5.74) is 0.716. The average Bonchev–Trinajstić information content (AvgIpc) is 2.82. The molecule has 6 heteroatoms. The second-order valence-corrected chi connectivity index (χ2v) is 4.67. The molecule has 2 rings (SSSR count). The summed E-state index contributed by atoms with van der Waals surface area (Å²) in [5.74, 6) is 0.676. The van der Waals surface area contributed by atoms with Gasteiger partial charge in [-0.1, -0.05) is 12.1 Å². The fourth-order valence-corrected chi connectivity index (χ4v) is 1.83. The first-order valence-corrected chi connectivity index (χ1v) is 6.48. The van der Waals surface area contributed by atoms with E-state index >= 15 is 0 Å². The number of nitrogens with zero attached hydrogens (tertiary/aromatic N) is 2. The SMILES string of the molecule is CCCNCc1nc(-c2ccc(F)c(Br)c2)no1. The highest BCUT2D eigenvalue weighted by Gasteiger charge is 2.09. The number of rotatable bonds is 5. The van der Waals surface area contributed by atoms with Crippen molar-refractivity contribution in [2.75, 3.05) is 6.54 Å². The van der Waals surface area contributed by atoms with Crippen molar-refractivity contribution in [3.05, 3.63) is 34.4 Å². The van der Waals surface area contributed by atoms with E-state index in [9.17, 15) is 4.39 Å². The monoisotopic (exact) mass is 313 g/mol. The number of halogens is 2. The normalized spacial score (nSPS) is 10.8. The topological polar surface area (TPSA) is 51.0 Å². The van der Waals surface area contributed by atoms with Crippen molar-refractivity contribution in [1.29, 1.82) is 0 Å². The van der Waals surface area contributed by atoms with Crippen LogP contribution in [0.1, 0.15) is 19.2 Å². The van der Waals surface area contributed by atoms with Gasteiger partial charge in [-0.25, -0.2) is 4.39 Å². The third-order valence-electron chi connectivity index (χ3n) is 2.35. The van der Waals surface area contributed by atoms with E-state index < -0.39 is 0 Å². The van der Waals surface area contributed by atoms with Gasteiger partial charge in [0.25, 0.3) is 0 Å². The highest BCUT2D eigenvalue weighted by Crippen LogP contribution is 2.23. The molecule has 0 amide bonds. The average molecular weight is 314 g/mol. The van der Waals surface area contributed by atoms with Gasteiger partial charge in [-0.05, 0) is 47.1 Å². The maximum Gasteiger partial charge on any atom is 0.240 e. The van der Waals surface area contributed by atoms with E-state index in [1.54, 1.807) is 12.1 Å². The zero-order valence-electron chi connectivity index (χ0n) is 9.91. The van der Waals surface area contributed by atoms with Gasteiger partial charge in [0.15, 0.2) is 0 Å². The Bertz CT molecular complexity index is 530. The Balaban J connectivity index is 2.11. The van der Waals surface area contributed by atoms with Gasteiger partial charge in [0.2, 0.25) is 11.7 Å². The van der Waals surface area contributed by atoms with Gasteiger partial charge >= 0.3 is 0 Å². The molecule has 0 atom stereocenters. The molecule has 0 saturated heterocycles. The minimum atomic E-state index is -0.313. The Hall–Kier alpha value is -1.27. The fraction of sp³-hybridized carbons (Fsp3) is 0.333. The Morgan fingerprint density at radius 3 is 3.00 bits per heavy atom. The molecule has 2 aromatic rings. The van der Waals surface area contributed by atoms with Crippen molar-refractivity contribution in [2.24, 2.45) is 0 Å². The van der Waals surface area contributed by atoms with Crippen molar-refractivity contribution in [2.45, 2.75) is 19.9 Å². The van der Waals surface area contributed by atoms with Gasteiger partial charge in [0.05, 0.1) is 11.0 Å². The number of hydrogen-bond donors (Lipinski definition) is 1.